The normalized spacial score (nSPS) is 14.2. The third-order valence-electron chi connectivity index (χ3n) is 3.78. The molecule has 1 aromatic carbocycles. The van der Waals surface area contributed by atoms with Crippen LogP contribution in [0.3, 0.4) is 0 Å². The molecule has 1 aliphatic rings. The van der Waals surface area contributed by atoms with E-state index in [2.05, 4.69) is 5.32 Å². The first kappa shape index (κ1) is 12.2. The van der Waals surface area contributed by atoms with Gasteiger partial charge in [0.25, 0.3) is 5.91 Å². The minimum Gasteiger partial charge on any atom is -0.312 e. The smallest absolute Gasteiger partial charge is 0.262 e. The Morgan fingerprint density at radius 3 is 2.95 bits per heavy atom. The topological polar surface area (TPSA) is 34.0 Å². The third kappa shape index (κ3) is 2.10. The van der Waals surface area contributed by atoms with Crippen LogP contribution >= 0.6 is 0 Å². The highest BCUT2D eigenvalue weighted by Gasteiger charge is 2.19. The van der Waals surface area contributed by atoms with Crippen LogP contribution in [0.1, 0.15) is 32.7 Å². The van der Waals surface area contributed by atoms with E-state index in [1.807, 2.05) is 48.9 Å². The quantitative estimate of drug-likeness (QED) is 0.848. The van der Waals surface area contributed by atoms with Crippen molar-refractivity contribution in [3.05, 3.63) is 58.4 Å². The van der Waals surface area contributed by atoms with E-state index in [0.29, 0.717) is 0 Å². The first-order valence-corrected chi connectivity index (χ1v) is 6.68. The maximum absolute atomic E-state index is 12.7. The average molecular weight is 254 g/mol. The van der Waals surface area contributed by atoms with Crippen molar-refractivity contribution in [3.63, 3.8) is 0 Å². The van der Waals surface area contributed by atoms with Crippen molar-refractivity contribution < 1.29 is 4.79 Å². The van der Waals surface area contributed by atoms with Crippen molar-refractivity contribution in [2.45, 2.75) is 26.8 Å². The maximum atomic E-state index is 12.7. The van der Waals surface area contributed by atoms with Gasteiger partial charge in [0, 0.05) is 37.0 Å². The SMILES string of the molecule is Cc1ccc(C)c(C(=O)n2ccc3c2CCNC3)c1. The lowest BCUT2D eigenvalue weighted by molar-refractivity contribution is 0.0956. The van der Waals surface area contributed by atoms with Crippen LogP contribution in [-0.2, 0) is 13.0 Å². The predicted octanol–water partition coefficient (Wildman–Crippen LogP) is 2.44. The molecule has 3 heteroatoms. The van der Waals surface area contributed by atoms with Gasteiger partial charge in [-0.15, -0.1) is 0 Å². The number of aryl methyl sites for hydroxylation is 2. The molecule has 0 amide bonds. The Morgan fingerprint density at radius 2 is 2.11 bits per heavy atom. The van der Waals surface area contributed by atoms with Gasteiger partial charge in [-0.25, -0.2) is 0 Å². The molecule has 2 aromatic rings. The summed E-state index contributed by atoms with van der Waals surface area (Å²) in [6.45, 7) is 5.81. The minimum absolute atomic E-state index is 0.0874. The van der Waals surface area contributed by atoms with Gasteiger partial charge < -0.3 is 5.32 Å². The van der Waals surface area contributed by atoms with Gasteiger partial charge in [-0.2, -0.15) is 0 Å². The number of hydrogen-bond donors (Lipinski definition) is 1. The van der Waals surface area contributed by atoms with Crippen LogP contribution in [0.15, 0.2) is 30.5 Å². The fourth-order valence-electron chi connectivity index (χ4n) is 2.66. The fraction of sp³-hybridized carbons (Fsp3) is 0.312. The van der Waals surface area contributed by atoms with Gasteiger partial charge in [0.05, 0.1) is 0 Å². The molecule has 3 nitrogen and oxygen atoms in total. The Kier molecular flexibility index (Phi) is 2.99. The molecule has 0 fully saturated rings. The van der Waals surface area contributed by atoms with Gasteiger partial charge in [-0.05, 0) is 37.1 Å². The lowest BCUT2D eigenvalue weighted by atomic mass is 10.0. The minimum atomic E-state index is 0.0874. The Labute approximate surface area is 113 Å². The summed E-state index contributed by atoms with van der Waals surface area (Å²) < 4.78 is 1.82. The van der Waals surface area contributed by atoms with E-state index in [4.69, 9.17) is 0 Å². The second kappa shape index (κ2) is 4.67. The summed E-state index contributed by atoms with van der Waals surface area (Å²) >= 11 is 0. The molecule has 0 aliphatic carbocycles. The summed E-state index contributed by atoms with van der Waals surface area (Å²) in [4.78, 5) is 12.7. The number of aromatic nitrogens is 1. The van der Waals surface area contributed by atoms with Crippen LogP contribution in [0.4, 0.5) is 0 Å². The fourth-order valence-corrected chi connectivity index (χ4v) is 2.66. The third-order valence-corrected chi connectivity index (χ3v) is 3.78. The summed E-state index contributed by atoms with van der Waals surface area (Å²) in [5.74, 6) is 0.0874. The summed E-state index contributed by atoms with van der Waals surface area (Å²) in [5.41, 5.74) is 5.36. The van der Waals surface area contributed by atoms with E-state index < -0.39 is 0 Å². The second-order valence-corrected chi connectivity index (χ2v) is 5.21. The highest BCUT2D eigenvalue weighted by atomic mass is 16.2. The lowest BCUT2D eigenvalue weighted by Gasteiger charge is -2.16. The molecule has 1 aromatic heterocycles. The van der Waals surface area contributed by atoms with Crippen molar-refractivity contribution in [3.8, 4) is 0 Å². The Balaban J connectivity index is 2.04. The monoisotopic (exact) mass is 254 g/mol. The summed E-state index contributed by atoms with van der Waals surface area (Å²) in [6.07, 6.45) is 2.82. The molecule has 0 spiro atoms. The summed E-state index contributed by atoms with van der Waals surface area (Å²) in [6, 6.07) is 8.08. The van der Waals surface area contributed by atoms with Crippen molar-refractivity contribution >= 4 is 5.91 Å². The second-order valence-electron chi connectivity index (χ2n) is 5.21. The Morgan fingerprint density at radius 1 is 1.26 bits per heavy atom. The molecule has 0 unspecified atom stereocenters. The zero-order chi connectivity index (χ0) is 13.4. The van der Waals surface area contributed by atoms with Crippen molar-refractivity contribution in [2.75, 3.05) is 6.54 Å². The molecule has 0 radical (unpaired) electrons. The first-order chi connectivity index (χ1) is 9.16. The van der Waals surface area contributed by atoms with E-state index in [0.717, 1.165) is 41.9 Å². The number of fused-ring (bicyclic) bond motifs is 1. The number of carbonyl (C=O) groups excluding carboxylic acids is 1. The van der Waals surface area contributed by atoms with E-state index in [1.54, 1.807) is 0 Å². The van der Waals surface area contributed by atoms with Gasteiger partial charge in [0.1, 0.15) is 0 Å². The van der Waals surface area contributed by atoms with Gasteiger partial charge in [0.2, 0.25) is 0 Å². The van der Waals surface area contributed by atoms with Gasteiger partial charge in [-0.1, -0.05) is 17.7 Å². The highest BCUT2D eigenvalue weighted by Crippen LogP contribution is 2.19. The zero-order valence-electron chi connectivity index (χ0n) is 11.4. The molecular formula is C16H18N2O. The van der Waals surface area contributed by atoms with Gasteiger partial charge in [-0.3, -0.25) is 9.36 Å². The van der Waals surface area contributed by atoms with E-state index in [1.165, 1.54) is 5.56 Å². The standard InChI is InChI=1S/C16H18N2O/c1-11-3-4-12(2)14(9-11)16(19)18-8-6-13-10-17-7-5-15(13)18/h3-4,6,8-9,17H,5,7,10H2,1-2H3. The van der Waals surface area contributed by atoms with E-state index >= 15 is 0 Å². The van der Waals surface area contributed by atoms with E-state index in [9.17, 15) is 4.79 Å². The van der Waals surface area contributed by atoms with Crippen LogP contribution in [0.5, 0.6) is 0 Å². The zero-order valence-corrected chi connectivity index (χ0v) is 11.4. The van der Waals surface area contributed by atoms with Crippen molar-refractivity contribution in [2.24, 2.45) is 0 Å². The van der Waals surface area contributed by atoms with Crippen LogP contribution in [0.2, 0.25) is 0 Å². The van der Waals surface area contributed by atoms with Crippen LogP contribution in [0.25, 0.3) is 0 Å². The molecule has 0 saturated heterocycles. The predicted molar refractivity (Wildman–Crippen MR) is 75.5 cm³/mol. The lowest BCUT2D eigenvalue weighted by Crippen LogP contribution is -2.26. The van der Waals surface area contributed by atoms with Crippen LogP contribution in [-0.4, -0.2) is 17.0 Å². The van der Waals surface area contributed by atoms with E-state index in [-0.39, 0.29) is 5.91 Å². The molecule has 19 heavy (non-hydrogen) atoms. The number of benzene rings is 1. The van der Waals surface area contributed by atoms with Gasteiger partial charge >= 0.3 is 0 Å². The number of nitrogens with one attached hydrogen (secondary N) is 1. The molecule has 0 saturated carbocycles. The molecule has 1 N–H and O–H groups in total. The summed E-state index contributed by atoms with van der Waals surface area (Å²) in [7, 11) is 0. The van der Waals surface area contributed by atoms with Crippen LogP contribution < -0.4 is 5.32 Å². The molecule has 0 atom stereocenters. The number of nitrogens with zero attached hydrogens (tertiary/aromatic N) is 1. The first-order valence-electron chi connectivity index (χ1n) is 6.68. The van der Waals surface area contributed by atoms with Crippen molar-refractivity contribution in [1.29, 1.82) is 0 Å². The molecule has 0 bridgehead atoms. The van der Waals surface area contributed by atoms with Crippen molar-refractivity contribution in [1.82, 2.24) is 9.88 Å². The largest absolute Gasteiger partial charge is 0.312 e. The molecule has 3 rings (SSSR count). The molecule has 1 aliphatic heterocycles. The molecular weight excluding hydrogens is 236 g/mol. The summed E-state index contributed by atoms with van der Waals surface area (Å²) in [5, 5.41) is 3.33. The molecule has 98 valence electrons. The number of hydrogen-bond acceptors (Lipinski definition) is 2. The van der Waals surface area contributed by atoms with Crippen LogP contribution in [0, 0.1) is 13.8 Å². The average Bonchev–Trinajstić information content (AvgIpc) is 2.84. The maximum Gasteiger partial charge on any atom is 0.262 e. The Hall–Kier alpha value is -1.87. The van der Waals surface area contributed by atoms with Gasteiger partial charge in [0.15, 0.2) is 0 Å². The highest BCUT2D eigenvalue weighted by molar-refractivity contribution is 5.98. The number of rotatable bonds is 1. The number of carbonyl (C=O) groups is 1. The molecule has 2 heterocycles. The Bertz CT molecular complexity index is 640.